The number of fused-ring (bicyclic) bond motifs is 1. The van der Waals surface area contributed by atoms with Crippen LogP contribution >= 0.6 is 0 Å². The van der Waals surface area contributed by atoms with Gasteiger partial charge < -0.3 is 15.5 Å². The van der Waals surface area contributed by atoms with E-state index in [9.17, 15) is 4.79 Å². The summed E-state index contributed by atoms with van der Waals surface area (Å²) in [5, 5.41) is 1.01. The minimum atomic E-state index is 0.0311. The monoisotopic (exact) mass is 232 g/mol. The van der Waals surface area contributed by atoms with Crippen molar-refractivity contribution in [1.29, 1.82) is 0 Å². The summed E-state index contributed by atoms with van der Waals surface area (Å²) < 4.78 is 5.20. The van der Waals surface area contributed by atoms with Gasteiger partial charge in [0, 0.05) is 17.8 Å². The van der Waals surface area contributed by atoms with Crippen LogP contribution in [0.3, 0.4) is 0 Å². The summed E-state index contributed by atoms with van der Waals surface area (Å²) in [6, 6.07) is 5.72. The molecular formula is C13H16N2O2. The van der Waals surface area contributed by atoms with Gasteiger partial charge in [-0.1, -0.05) is 0 Å². The van der Waals surface area contributed by atoms with Gasteiger partial charge in [-0.2, -0.15) is 0 Å². The maximum Gasteiger partial charge on any atom is 0.176 e. The lowest BCUT2D eigenvalue weighted by atomic mass is 10.1. The fourth-order valence-electron chi connectivity index (χ4n) is 2.06. The van der Waals surface area contributed by atoms with Crippen molar-refractivity contribution in [3.05, 3.63) is 29.5 Å². The van der Waals surface area contributed by atoms with Crippen LogP contribution in [0.15, 0.2) is 18.2 Å². The summed E-state index contributed by atoms with van der Waals surface area (Å²) in [4.78, 5) is 14.7. The van der Waals surface area contributed by atoms with Crippen LogP contribution in [0.1, 0.15) is 23.0 Å². The molecule has 0 aliphatic heterocycles. The maximum absolute atomic E-state index is 11.6. The topological polar surface area (TPSA) is 68.1 Å². The van der Waals surface area contributed by atoms with Crippen LogP contribution in [0.5, 0.6) is 5.75 Å². The molecule has 90 valence electrons. The molecule has 0 aliphatic carbocycles. The van der Waals surface area contributed by atoms with Crippen molar-refractivity contribution in [2.45, 2.75) is 13.3 Å². The predicted octanol–water partition coefficient (Wildman–Crippen LogP) is 1.88. The number of carbonyl (C=O) groups excluding carboxylic acids is 1. The van der Waals surface area contributed by atoms with Gasteiger partial charge >= 0.3 is 0 Å². The minimum Gasteiger partial charge on any atom is -0.497 e. The second-order valence-electron chi connectivity index (χ2n) is 3.98. The van der Waals surface area contributed by atoms with Gasteiger partial charge in [0.15, 0.2) is 5.78 Å². The fraction of sp³-hybridized carbons (Fsp3) is 0.308. The van der Waals surface area contributed by atoms with Crippen LogP contribution in [0, 0.1) is 0 Å². The largest absolute Gasteiger partial charge is 0.497 e. The number of benzene rings is 1. The predicted molar refractivity (Wildman–Crippen MR) is 67.6 cm³/mol. The average molecular weight is 232 g/mol. The molecule has 0 saturated heterocycles. The minimum absolute atomic E-state index is 0.0311. The molecule has 2 rings (SSSR count). The van der Waals surface area contributed by atoms with Crippen LogP contribution in [0.4, 0.5) is 0 Å². The van der Waals surface area contributed by atoms with Crippen molar-refractivity contribution in [3.8, 4) is 5.75 Å². The number of methoxy groups -OCH3 is 1. The number of nitrogens with two attached hydrogens (primary N) is 1. The molecule has 1 heterocycles. The third-order valence-electron chi connectivity index (χ3n) is 2.86. The van der Waals surface area contributed by atoms with E-state index in [1.807, 2.05) is 18.2 Å². The summed E-state index contributed by atoms with van der Waals surface area (Å²) in [7, 11) is 1.63. The van der Waals surface area contributed by atoms with Crippen molar-refractivity contribution >= 4 is 16.7 Å². The first-order chi connectivity index (χ1) is 8.17. The van der Waals surface area contributed by atoms with Crippen LogP contribution < -0.4 is 10.5 Å². The number of ether oxygens (including phenoxy) is 1. The van der Waals surface area contributed by atoms with Gasteiger partial charge in [0.2, 0.25) is 0 Å². The number of carbonyl (C=O) groups is 1. The molecule has 0 spiro atoms. The van der Waals surface area contributed by atoms with Gasteiger partial charge in [0.25, 0.3) is 0 Å². The highest BCUT2D eigenvalue weighted by molar-refractivity contribution is 6.01. The van der Waals surface area contributed by atoms with E-state index in [2.05, 4.69) is 4.98 Å². The summed E-state index contributed by atoms with van der Waals surface area (Å²) in [6.45, 7) is 2.08. The number of aromatic nitrogens is 1. The molecule has 1 aromatic heterocycles. The van der Waals surface area contributed by atoms with E-state index in [4.69, 9.17) is 10.5 Å². The molecule has 0 bridgehead atoms. The van der Waals surface area contributed by atoms with Crippen LogP contribution in [0.25, 0.3) is 10.9 Å². The molecule has 17 heavy (non-hydrogen) atoms. The Bertz CT molecular complexity index is 558. The zero-order valence-electron chi connectivity index (χ0n) is 10.0. The third kappa shape index (κ3) is 2.03. The molecule has 0 atom stereocenters. The smallest absolute Gasteiger partial charge is 0.176 e. The molecule has 0 saturated carbocycles. The Morgan fingerprint density at radius 3 is 2.82 bits per heavy atom. The van der Waals surface area contributed by atoms with Crippen molar-refractivity contribution in [1.82, 2.24) is 4.98 Å². The van der Waals surface area contributed by atoms with Crippen LogP contribution in [-0.2, 0) is 6.42 Å². The first-order valence-corrected chi connectivity index (χ1v) is 5.57. The second-order valence-corrected chi connectivity index (χ2v) is 3.98. The molecule has 4 heteroatoms. The number of H-pyrrole nitrogens is 1. The Morgan fingerprint density at radius 2 is 2.24 bits per heavy atom. The highest BCUT2D eigenvalue weighted by atomic mass is 16.5. The molecule has 0 radical (unpaired) electrons. The van der Waals surface area contributed by atoms with E-state index < -0.39 is 0 Å². The fourth-order valence-corrected chi connectivity index (χ4v) is 2.06. The van der Waals surface area contributed by atoms with E-state index in [1.165, 1.54) is 0 Å². The van der Waals surface area contributed by atoms with Gasteiger partial charge in [0.1, 0.15) is 5.75 Å². The number of rotatable bonds is 4. The number of hydrogen-bond acceptors (Lipinski definition) is 3. The zero-order valence-corrected chi connectivity index (χ0v) is 10.0. The first-order valence-electron chi connectivity index (χ1n) is 5.57. The number of nitrogens with one attached hydrogen (secondary N) is 1. The van der Waals surface area contributed by atoms with Crippen molar-refractivity contribution in [3.63, 3.8) is 0 Å². The van der Waals surface area contributed by atoms with Crippen LogP contribution in [0.2, 0.25) is 0 Å². The molecule has 1 aromatic carbocycles. The lowest BCUT2D eigenvalue weighted by Crippen LogP contribution is -2.06. The van der Waals surface area contributed by atoms with Crippen molar-refractivity contribution in [2.24, 2.45) is 5.73 Å². The summed E-state index contributed by atoms with van der Waals surface area (Å²) >= 11 is 0. The van der Waals surface area contributed by atoms with E-state index in [0.29, 0.717) is 18.7 Å². The van der Waals surface area contributed by atoms with Crippen LogP contribution in [-0.4, -0.2) is 24.4 Å². The standard InChI is InChI=1S/C13H16N2O2/c1-8(16)13-10(5-6-14)11-7-9(17-2)3-4-12(11)15-13/h3-4,7,15H,5-6,14H2,1-2H3. The molecule has 0 amide bonds. The summed E-state index contributed by atoms with van der Waals surface area (Å²) in [6.07, 6.45) is 0.683. The highest BCUT2D eigenvalue weighted by Crippen LogP contribution is 2.27. The Labute approximate surface area is 99.8 Å². The molecular weight excluding hydrogens is 216 g/mol. The molecule has 0 aliphatic rings. The first kappa shape index (κ1) is 11.7. The third-order valence-corrected chi connectivity index (χ3v) is 2.86. The number of ketones is 1. The molecule has 0 unspecified atom stereocenters. The van der Waals surface area contributed by atoms with Gasteiger partial charge in [0.05, 0.1) is 12.8 Å². The van der Waals surface area contributed by atoms with E-state index >= 15 is 0 Å². The Balaban J connectivity index is 2.67. The number of aromatic amines is 1. The summed E-state index contributed by atoms with van der Waals surface area (Å²) in [5.41, 5.74) is 8.17. The lowest BCUT2D eigenvalue weighted by Gasteiger charge is -2.01. The molecule has 2 aromatic rings. The van der Waals surface area contributed by atoms with Gasteiger partial charge in [-0.3, -0.25) is 4.79 Å². The van der Waals surface area contributed by atoms with E-state index in [-0.39, 0.29) is 5.78 Å². The van der Waals surface area contributed by atoms with Crippen molar-refractivity contribution < 1.29 is 9.53 Å². The zero-order chi connectivity index (χ0) is 12.4. The van der Waals surface area contributed by atoms with E-state index in [0.717, 1.165) is 22.2 Å². The molecule has 4 nitrogen and oxygen atoms in total. The highest BCUT2D eigenvalue weighted by Gasteiger charge is 2.14. The van der Waals surface area contributed by atoms with Crippen molar-refractivity contribution in [2.75, 3.05) is 13.7 Å². The number of Topliss-reactive ketones (excluding diaryl/α,β-unsaturated/α-hetero) is 1. The second kappa shape index (κ2) is 4.59. The molecule has 3 N–H and O–H groups in total. The van der Waals surface area contributed by atoms with Gasteiger partial charge in [-0.25, -0.2) is 0 Å². The summed E-state index contributed by atoms with van der Waals surface area (Å²) in [5.74, 6) is 0.813. The average Bonchev–Trinajstić information content (AvgIpc) is 2.68. The Hall–Kier alpha value is -1.81. The Morgan fingerprint density at radius 1 is 1.47 bits per heavy atom. The number of hydrogen-bond donors (Lipinski definition) is 2. The van der Waals surface area contributed by atoms with E-state index in [1.54, 1.807) is 14.0 Å². The van der Waals surface area contributed by atoms with Gasteiger partial charge in [-0.05, 0) is 36.7 Å². The molecule has 0 fully saturated rings. The lowest BCUT2D eigenvalue weighted by molar-refractivity contribution is 0.101. The maximum atomic E-state index is 11.6. The normalized spacial score (nSPS) is 10.8. The SMILES string of the molecule is COc1ccc2[nH]c(C(C)=O)c(CCN)c2c1. The Kier molecular flexibility index (Phi) is 3.15. The van der Waals surface area contributed by atoms with Gasteiger partial charge in [-0.15, -0.1) is 0 Å². The quantitative estimate of drug-likeness (QED) is 0.791.